The maximum absolute atomic E-state index is 13.1. The summed E-state index contributed by atoms with van der Waals surface area (Å²) in [7, 11) is -2.33. The fraction of sp³-hybridized carbons (Fsp3) is 0.250. The van der Waals surface area contributed by atoms with Crippen molar-refractivity contribution in [1.29, 1.82) is 0 Å². The first-order chi connectivity index (χ1) is 14.7. The molecule has 2 aromatic carbocycles. The molecular weight excluding hydrogens is 453 g/mol. The van der Waals surface area contributed by atoms with Crippen molar-refractivity contribution in [2.75, 3.05) is 25.2 Å². The van der Waals surface area contributed by atoms with Gasteiger partial charge in [-0.3, -0.25) is 0 Å². The quantitative estimate of drug-likeness (QED) is 0.540. The van der Waals surface area contributed by atoms with Gasteiger partial charge in [-0.1, -0.05) is 0 Å². The van der Waals surface area contributed by atoms with Gasteiger partial charge in [0.05, 0.1) is 35.5 Å². The third-order valence-electron chi connectivity index (χ3n) is 4.75. The van der Waals surface area contributed by atoms with Crippen LogP contribution in [0.2, 0.25) is 0 Å². The topological polar surface area (TPSA) is 68.7 Å². The Kier molecular flexibility index (Phi) is 5.56. The third kappa shape index (κ3) is 4.33. The number of nitrogens with zero attached hydrogens (tertiary/aromatic N) is 2. The van der Waals surface area contributed by atoms with Crippen LogP contribution in [0, 0.1) is 0 Å². The number of fused-ring (bicyclic) bond motifs is 1. The molecule has 164 valence electrons. The van der Waals surface area contributed by atoms with Crippen LogP contribution >= 0.6 is 11.3 Å². The minimum absolute atomic E-state index is 0.0585. The normalized spacial score (nSPS) is 14.1. The Morgan fingerprint density at radius 2 is 1.97 bits per heavy atom. The number of hydrogen-bond acceptors (Lipinski definition) is 7. The standard InChI is InChI=1S/C20H17F3N2O4S2/c1-28-17-10-13(20(21,22)23)2-4-15(17)25-7-8-29-18-11-14(3-5-16(18)25)31(26,27)12-19-24-6-9-30-19/h2-6,9-11H,7-8,12H2,1H3. The van der Waals surface area contributed by atoms with E-state index in [1.165, 1.54) is 36.6 Å². The lowest BCUT2D eigenvalue weighted by Gasteiger charge is -2.32. The highest BCUT2D eigenvalue weighted by molar-refractivity contribution is 7.90. The summed E-state index contributed by atoms with van der Waals surface area (Å²) in [6.45, 7) is 0.590. The Bertz CT molecular complexity index is 1200. The number of anilines is 2. The molecule has 0 spiro atoms. The van der Waals surface area contributed by atoms with E-state index in [4.69, 9.17) is 9.47 Å². The van der Waals surface area contributed by atoms with Gasteiger partial charge in [0.15, 0.2) is 9.84 Å². The van der Waals surface area contributed by atoms with Crippen molar-refractivity contribution in [1.82, 2.24) is 4.98 Å². The molecule has 11 heteroatoms. The number of halogens is 3. The molecular formula is C20H17F3N2O4S2. The van der Waals surface area contributed by atoms with Gasteiger partial charge >= 0.3 is 6.18 Å². The van der Waals surface area contributed by atoms with E-state index in [9.17, 15) is 21.6 Å². The lowest BCUT2D eigenvalue weighted by molar-refractivity contribution is -0.137. The maximum Gasteiger partial charge on any atom is 0.416 e. The van der Waals surface area contributed by atoms with Crippen LogP contribution in [-0.4, -0.2) is 33.7 Å². The van der Waals surface area contributed by atoms with Crippen molar-refractivity contribution in [2.24, 2.45) is 0 Å². The number of hydrogen-bond donors (Lipinski definition) is 0. The van der Waals surface area contributed by atoms with Crippen LogP contribution in [0.3, 0.4) is 0 Å². The molecule has 1 aromatic heterocycles. The molecule has 1 aliphatic heterocycles. The summed E-state index contributed by atoms with van der Waals surface area (Å²) in [4.78, 5) is 5.85. The molecule has 0 N–H and O–H groups in total. The number of methoxy groups -OCH3 is 1. The van der Waals surface area contributed by atoms with E-state index in [0.717, 1.165) is 12.1 Å². The van der Waals surface area contributed by atoms with Crippen LogP contribution in [0.1, 0.15) is 10.6 Å². The fourth-order valence-corrected chi connectivity index (χ4v) is 5.56. The van der Waals surface area contributed by atoms with Crippen molar-refractivity contribution < 1.29 is 31.1 Å². The van der Waals surface area contributed by atoms with Crippen LogP contribution in [0.5, 0.6) is 11.5 Å². The van der Waals surface area contributed by atoms with E-state index in [-0.39, 0.29) is 23.0 Å². The first-order valence-corrected chi connectivity index (χ1v) is 11.6. The van der Waals surface area contributed by atoms with Gasteiger partial charge < -0.3 is 14.4 Å². The molecule has 31 heavy (non-hydrogen) atoms. The van der Waals surface area contributed by atoms with E-state index in [1.54, 1.807) is 22.5 Å². The van der Waals surface area contributed by atoms with Crippen LogP contribution in [-0.2, 0) is 21.8 Å². The summed E-state index contributed by atoms with van der Waals surface area (Å²) in [6, 6.07) is 7.74. The van der Waals surface area contributed by atoms with Gasteiger partial charge in [0.25, 0.3) is 0 Å². The van der Waals surface area contributed by atoms with E-state index in [0.29, 0.717) is 28.7 Å². The Hall–Kier alpha value is -2.79. The SMILES string of the molecule is COc1cc(C(F)(F)F)ccc1N1CCOc2cc(S(=O)(=O)Cc3nccs3)ccc21. The minimum atomic E-state index is -4.49. The second-order valence-electron chi connectivity index (χ2n) is 6.70. The predicted octanol–water partition coefficient (Wildman–Crippen LogP) is 4.67. The smallest absolute Gasteiger partial charge is 0.416 e. The molecule has 0 amide bonds. The van der Waals surface area contributed by atoms with E-state index < -0.39 is 21.6 Å². The fourth-order valence-electron chi connectivity index (χ4n) is 3.29. The van der Waals surface area contributed by atoms with Gasteiger partial charge in [-0.05, 0) is 30.3 Å². The van der Waals surface area contributed by atoms with Gasteiger partial charge in [0.2, 0.25) is 0 Å². The van der Waals surface area contributed by atoms with E-state index in [2.05, 4.69) is 4.98 Å². The number of thiazole rings is 1. The zero-order chi connectivity index (χ0) is 22.2. The third-order valence-corrected chi connectivity index (χ3v) is 7.34. The first kappa shape index (κ1) is 21.4. The largest absolute Gasteiger partial charge is 0.495 e. The Morgan fingerprint density at radius 1 is 1.19 bits per heavy atom. The molecule has 4 rings (SSSR count). The highest BCUT2D eigenvalue weighted by Gasteiger charge is 2.32. The number of ether oxygens (including phenoxy) is 2. The molecule has 3 aromatic rings. The average Bonchev–Trinajstić information content (AvgIpc) is 3.24. The molecule has 0 saturated carbocycles. The lowest BCUT2D eigenvalue weighted by Crippen LogP contribution is -2.29. The summed E-state index contributed by atoms with van der Waals surface area (Å²) in [5.41, 5.74) is 0.154. The van der Waals surface area contributed by atoms with Gasteiger partial charge in [0, 0.05) is 17.6 Å². The summed E-state index contributed by atoms with van der Waals surface area (Å²) in [5, 5.41) is 2.19. The Balaban J connectivity index is 1.70. The van der Waals surface area contributed by atoms with Crippen molar-refractivity contribution >= 4 is 32.5 Å². The maximum atomic E-state index is 13.1. The number of aromatic nitrogens is 1. The number of benzene rings is 2. The van der Waals surface area contributed by atoms with E-state index >= 15 is 0 Å². The van der Waals surface area contributed by atoms with Crippen LogP contribution in [0.15, 0.2) is 52.9 Å². The second-order valence-corrected chi connectivity index (χ2v) is 9.67. The van der Waals surface area contributed by atoms with Gasteiger partial charge in [-0.15, -0.1) is 11.3 Å². The highest BCUT2D eigenvalue weighted by atomic mass is 32.2. The molecule has 0 atom stereocenters. The molecule has 0 aliphatic carbocycles. The molecule has 1 aliphatic rings. The molecule has 0 radical (unpaired) electrons. The Morgan fingerprint density at radius 3 is 2.65 bits per heavy atom. The highest BCUT2D eigenvalue weighted by Crippen LogP contribution is 2.43. The van der Waals surface area contributed by atoms with Crippen molar-refractivity contribution in [3.63, 3.8) is 0 Å². The molecule has 0 bridgehead atoms. The predicted molar refractivity (Wildman–Crippen MR) is 110 cm³/mol. The van der Waals surface area contributed by atoms with Crippen molar-refractivity contribution in [3.8, 4) is 11.5 Å². The number of sulfone groups is 1. The molecule has 0 saturated heterocycles. The minimum Gasteiger partial charge on any atom is -0.495 e. The summed E-state index contributed by atoms with van der Waals surface area (Å²) < 4.78 is 75.5. The molecule has 0 fully saturated rings. The zero-order valence-corrected chi connectivity index (χ0v) is 17.9. The molecule has 6 nitrogen and oxygen atoms in total. The lowest BCUT2D eigenvalue weighted by atomic mass is 10.1. The monoisotopic (exact) mass is 470 g/mol. The van der Waals surface area contributed by atoms with E-state index in [1.807, 2.05) is 0 Å². The summed E-state index contributed by atoms with van der Waals surface area (Å²) >= 11 is 1.25. The van der Waals surface area contributed by atoms with Gasteiger partial charge in [0.1, 0.15) is 28.9 Å². The van der Waals surface area contributed by atoms with Crippen LogP contribution in [0.25, 0.3) is 0 Å². The van der Waals surface area contributed by atoms with Gasteiger partial charge in [-0.2, -0.15) is 13.2 Å². The first-order valence-electron chi connectivity index (χ1n) is 9.10. The molecule has 2 heterocycles. The van der Waals surface area contributed by atoms with Crippen LogP contribution < -0.4 is 14.4 Å². The van der Waals surface area contributed by atoms with Crippen molar-refractivity contribution in [2.45, 2.75) is 16.8 Å². The second kappa shape index (κ2) is 8.04. The zero-order valence-electron chi connectivity index (χ0n) is 16.2. The van der Waals surface area contributed by atoms with Gasteiger partial charge in [-0.25, -0.2) is 13.4 Å². The number of alkyl halides is 3. The average molecular weight is 470 g/mol. The van der Waals surface area contributed by atoms with Crippen LogP contribution in [0.4, 0.5) is 24.5 Å². The summed E-state index contributed by atoms with van der Waals surface area (Å²) in [5.74, 6) is 0.163. The number of rotatable bonds is 5. The van der Waals surface area contributed by atoms with Crippen molar-refractivity contribution in [3.05, 3.63) is 58.5 Å². The Labute approximate surface area is 180 Å². The summed E-state index contributed by atoms with van der Waals surface area (Å²) in [6.07, 6.45) is -2.95. The molecule has 0 unspecified atom stereocenters.